The zero-order valence-electron chi connectivity index (χ0n) is 20.0. The second kappa shape index (κ2) is 9.62. The van der Waals surface area contributed by atoms with Crippen molar-refractivity contribution >= 4 is 28.8 Å². The number of hydrogen-bond donors (Lipinski definition) is 0. The zero-order valence-corrected chi connectivity index (χ0v) is 20.8. The van der Waals surface area contributed by atoms with Crippen LogP contribution in [0.15, 0.2) is 75.9 Å². The van der Waals surface area contributed by atoms with E-state index in [4.69, 9.17) is 14.5 Å². The highest BCUT2D eigenvalue weighted by atomic mass is 32.2. The summed E-state index contributed by atoms with van der Waals surface area (Å²) in [5.74, 6) is 0.261. The van der Waals surface area contributed by atoms with Crippen LogP contribution >= 0.6 is 11.8 Å². The van der Waals surface area contributed by atoms with Crippen LogP contribution < -0.4 is 4.74 Å². The fourth-order valence-electron chi connectivity index (χ4n) is 4.90. The van der Waals surface area contributed by atoms with Crippen molar-refractivity contribution in [3.05, 3.63) is 87.6 Å². The average Bonchev–Trinajstić information content (AvgIpc) is 3.28. The van der Waals surface area contributed by atoms with Gasteiger partial charge in [-0.1, -0.05) is 54.2 Å². The van der Waals surface area contributed by atoms with Crippen LogP contribution in [0.1, 0.15) is 36.1 Å². The van der Waals surface area contributed by atoms with Crippen LogP contribution in [-0.2, 0) is 27.3 Å². The number of benzene rings is 2. The Morgan fingerprint density at radius 2 is 1.83 bits per heavy atom. The van der Waals surface area contributed by atoms with Gasteiger partial charge in [0.25, 0.3) is 0 Å². The van der Waals surface area contributed by atoms with Gasteiger partial charge >= 0.3 is 5.97 Å². The van der Waals surface area contributed by atoms with Crippen LogP contribution in [0.3, 0.4) is 0 Å². The van der Waals surface area contributed by atoms with Crippen LogP contribution in [-0.4, -0.2) is 47.6 Å². The molecule has 35 heavy (non-hydrogen) atoms. The van der Waals surface area contributed by atoms with Crippen LogP contribution in [0, 0.1) is 0 Å². The van der Waals surface area contributed by atoms with E-state index in [0.29, 0.717) is 30.1 Å². The number of esters is 1. The van der Waals surface area contributed by atoms with E-state index in [1.165, 1.54) is 30.0 Å². The number of carbonyl (C=O) groups excluding carboxylic acids is 2. The Morgan fingerprint density at radius 1 is 1.09 bits per heavy atom. The minimum absolute atomic E-state index is 0.0530. The Labute approximate surface area is 209 Å². The van der Waals surface area contributed by atoms with Gasteiger partial charge in [-0.2, -0.15) is 0 Å². The Balaban J connectivity index is 1.47. The van der Waals surface area contributed by atoms with Gasteiger partial charge in [-0.05, 0) is 35.9 Å². The second-order valence-corrected chi connectivity index (χ2v) is 9.47. The monoisotopic (exact) mass is 489 g/mol. The van der Waals surface area contributed by atoms with Crippen molar-refractivity contribution in [2.75, 3.05) is 20.8 Å². The number of para-hydroxylation sites is 1. The lowest BCUT2D eigenvalue weighted by atomic mass is 9.93. The molecule has 0 N–H and O–H groups in total. The van der Waals surface area contributed by atoms with Crippen LogP contribution in [0.4, 0.5) is 0 Å². The molecule has 0 saturated carbocycles. The molecule has 3 aliphatic heterocycles. The molecule has 0 bridgehead atoms. The molecule has 1 unspecified atom stereocenters. The van der Waals surface area contributed by atoms with Crippen molar-refractivity contribution in [1.29, 1.82) is 0 Å². The number of carbonyl (C=O) groups is 2. The highest BCUT2D eigenvalue weighted by Crippen LogP contribution is 2.47. The van der Waals surface area contributed by atoms with Gasteiger partial charge in [-0.15, -0.1) is 0 Å². The summed E-state index contributed by atoms with van der Waals surface area (Å²) < 4.78 is 10.8. The van der Waals surface area contributed by atoms with E-state index >= 15 is 0 Å². The van der Waals surface area contributed by atoms with Crippen LogP contribution in [0.25, 0.3) is 0 Å². The average molecular weight is 490 g/mol. The van der Waals surface area contributed by atoms with Gasteiger partial charge in [0.1, 0.15) is 5.75 Å². The summed E-state index contributed by atoms with van der Waals surface area (Å²) in [6, 6.07) is 15.4. The summed E-state index contributed by atoms with van der Waals surface area (Å²) in [7, 11) is 2.98. The Morgan fingerprint density at radius 3 is 2.60 bits per heavy atom. The van der Waals surface area contributed by atoms with E-state index in [1.54, 1.807) is 7.11 Å². The van der Waals surface area contributed by atoms with Crippen molar-refractivity contribution in [3.63, 3.8) is 0 Å². The highest BCUT2D eigenvalue weighted by Gasteiger charge is 2.42. The van der Waals surface area contributed by atoms with Gasteiger partial charge in [0.05, 0.1) is 38.0 Å². The minimum Gasteiger partial charge on any atom is -0.496 e. The first-order valence-corrected chi connectivity index (χ1v) is 12.4. The lowest BCUT2D eigenvalue weighted by Gasteiger charge is -2.37. The number of fused-ring (bicyclic) bond motifs is 2. The van der Waals surface area contributed by atoms with Crippen molar-refractivity contribution in [2.24, 2.45) is 4.99 Å². The molecule has 7 nitrogen and oxygen atoms in total. The van der Waals surface area contributed by atoms with E-state index < -0.39 is 12.0 Å². The second-order valence-electron chi connectivity index (χ2n) is 8.64. The van der Waals surface area contributed by atoms with Crippen LogP contribution in [0.2, 0.25) is 0 Å². The van der Waals surface area contributed by atoms with E-state index in [-0.39, 0.29) is 12.3 Å². The number of aliphatic imine (C=N–C) groups is 1. The van der Waals surface area contributed by atoms with Crippen LogP contribution in [0.5, 0.6) is 5.75 Å². The molecule has 3 heterocycles. The summed E-state index contributed by atoms with van der Waals surface area (Å²) in [6.07, 6.45) is 1.07. The topological polar surface area (TPSA) is 71.4 Å². The Kier molecular flexibility index (Phi) is 6.38. The van der Waals surface area contributed by atoms with Crippen molar-refractivity contribution in [1.82, 2.24) is 9.80 Å². The Hall–Kier alpha value is -3.52. The number of allylic oxidation sites excluding steroid dienone is 1. The molecule has 2 aromatic carbocycles. The molecule has 0 saturated heterocycles. The quantitative estimate of drug-likeness (QED) is 0.579. The van der Waals surface area contributed by atoms with E-state index in [0.717, 1.165) is 22.8 Å². The maximum atomic E-state index is 13.4. The fraction of sp³-hybridized carbons (Fsp3) is 0.296. The van der Waals surface area contributed by atoms with Gasteiger partial charge in [-0.25, -0.2) is 9.79 Å². The molecule has 0 aromatic heterocycles. The third kappa shape index (κ3) is 4.23. The highest BCUT2D eigenvalue weighted by molar-refractivity contribution is 8.16. The predicted octanol–water partition coefficient (Wildman–Crippen LogP) is 4.42. The number of methoxy groups -OCH3 is 2. The molecule has 2 aromatic rings. The molecule has 0 fully saturated rings. The summed E-state index contributed by atoms with van der Waals surface area (Å²) in [5, 5.41) is 2.70. The summed E-state index contributed by atoms with van der Waals surface area (Å²) >= 11 is 1.46. The van der Waals surface area contributed by atoms with Crippen molar-refractivity contribution in [3.8, 4) is 5.75 Å². The molecular formula is C27H27N3O4S. The number of hydrogen-bond acceptors (Lipinski definition) is 7. The van der Waals surface area contributed by atoms with Gasteiger partial charge in [-0.3, -0.25) is 4.79 Å². The lowest BCUT2D eigenvalue weighted by Crippen LogP contribution is -2.40. The summed E-state index contributed by atoms with van der Waals surface area (Å²) in [5.41, 5.74) is 5.16. The molecular weight excluding hydrogens is 462 g/mol. The molecule has 1 atom stereocenters. The standard InChI is InChI=1S/C27H27N3O4S/c1-17-24(26(32)34-3)25(21-10-6-7-11-22(21)33-2)30-20(16-35-27(30)28-17)14-23(31)29-13-12-18-8-4-5-9-19(18)15-29/h4-11,16,25H,12-15H2,1-3H3. The molecule has 0 radical (unpaired) electrons. The third-order valence-electron chi connectivity index (χ3n) is 6.66. The van der Waals surface area contributed by atoms with E-state index in [9.17, 15) is 9.59 Å². The normalized spacial score (nSPS) is 19.0. The summed E-state index contributed by atoms with van der Waals surface area (Å²) in [6.45, 7) is 3.12. The van der Waals surface area contributed by atoms with Gasteiger partial charge < -0.3 is 19.3 Å². The number of nitrogens with zero attached hydrogens (tertiary/aromatic N) is 3. The number of amidine groups is 1. The largest absolute Gasteiger partial charge is 0.496 e. The number of ether oxygens (including phenoxy) is 2. The first-order chi connectivity index (χ1) is 17.0. The minimum atomic E-state index is -0.512. The molecule has 1 amide bonds. The lowest BCUT2D eigenvalue weighted by molar-refractivity contribution is -0.136. The molecule has 5 rings (SSSR count). The van der Waals surface area contributed by atoms with Gasteiger partial charge in [0, 0.05) is 24.4 Å². The first kappa shape index (κ1) is 23.2. The molecule has 0 spiro atoms. The number of rotatable bonds is 5. The van der Waals surface area contributed by atoms with E-state index in [1.807, 2.05) is 58.5 Å². The third-order valence-corrected chi connectivity index (χ3v) is 7.54. The van der Waals surface area contributed by atoms with Crippen molar-refractivity contribution < 1.29 is 19.1 Å². The summed E-state index contributed by atoms with van der Waals surface area (Å²) in [4.78, 5) is 34.9. The molecule has 3 aliphatic rings. The smallest absolute Gasteiger partial charge is 0.338 e. The Bertz CT molecular complexity index is 1280. The molecule has 180 valence electrons. The van der Waals surface area contributed by atoms with Gasteiger partial charge in [0.15, 0.2) is 5.17 Å². The number of amides is 1. The molecule has 0 aliphatic carbocycles. The van der Waals surface area contributed by atoms with Gasteiger partial charge in [0.2, 0.25) is 5.91 Å². The van der Waals surface area contributed by atoms with Crippen molar-refractivity contribution in [2.45, 2.75) is 32.4 Å². The van der Waals surface area contributed by atoms with E-state index in [2.05, 4.69) is 12.1 Å². The maximum Gasteiger partial charge on any atom is 0.338 e. The SMILES string of the molecule is COC(=O)C1=C(C)N=C2SC=C(CC(=O)N3CCc4ccccc4C3)N2C1c1ccccc1OC. The fourth-order valence-corrected chi connectivity index (χ4v) is 5.87. The number of thioether (sulfide) groups is 1. The maximum absolute atomic E-state index is 13.4. The zero-order chi connectivity index (χ0) is 24.5. The predicted molar refractivity (Wildman–Crippen MR) is 136 cm³/mol. The molecule has 8 heteroatoms. The first-order valence-electron chi connectivity index (χ1n) is 11.5.